The average molecular weight is 233 g/mol. The molecule has 1 aromatic heterocycles. The normalized spacial score (nSPS) is 33.9. The fourth-order valence-corrected chi connectivity index (χ4v) is 2.66. The lowest BCUT2D eigenvalue weighted by Crippen LogP contribution is -2.41. The van der Waals surface area contributed by atoms with Crippen molar-refractivity contribution in [2.75, 3.05) is 13.1 Å². The standard InChI is InChI=1S/C13H19N3O/c1-2-9(1)12-6-14-7-13(17-12)10-5-15-16(8-10)11-3-4-11/h5,8-9,11-14H,1-4,6-7H2. The number of hydrogen-bond donors (Lipinski definition) is 1. The lowest BCUT2D eigenvalue weighted by Gasteiger charge is -2.30. The van der Waals surface area contributed by atoms with Crippen molar-refractivity contribution in [1.82, 2.24) is 15.1 Å². The summed E-state index contributed by atoms with van der Waals surface area (Å²) in [6.45, 7) is 1.96. The molecule has 4 nitrogen and oxygen atoms in total. The third-order valence-corrected chi connectivity index (χ3v) is 4.08. The van der Waals surface area contributed by atoms with Gasteiger partial charge < -0.3 is 10.1 Å². The van der Waals surface area contributed by atoms with Crippen LogP contribution in [0.3, 0.4) is 0 Å². The van der Waals surface area contributed by atoms with Crippen LogP contribution in [0.4, 0.5) is 0 Å². The van der Waals surface area contributed by atoms with E-state index in [9.17, 15) is 0 Å². The first-order valence-electron chi connectivity index (χ1n) is 6.80. The van der Waals surface area contributed by atoms with Gasteiger partial charge in [0.15, 0.2) is 0 Å². The minimum absolute atomic E-state index is 0.210. The zero-order valence-electron chi connectivity index (χ0n) is 10.0. The molecule has 3 fully saturated rings. The summed E-state index contributed by atoms with van der Waals surface area (Å²) in [5, 5.41) is 7.94. The van der Waals surface area contributed by atoms with Gasteiger partial charge >= 0.3 is 0 Å². The van der Waals surface area contributed by atoms with E-state index in [2.05, 4.69) is 21.3 Å². The Labute approximate surface area is 101 Å². The van der Waals surface area contributed by atoms with Gasteiger partial charge in [0.1, 0.15) is 0 Å². The highest BCUT2D eigenvalue weighted by atomic mass is 16.5. The van der Waals surface area contributed by atoms with E-state index in [-0.39, 0.29) is 6.10 Å². The molecule has 0 aromatic carbocycles. The van der Waals surface area contributed by atoms with Crippen LogP contribution in [0.15, 0.2) is 12.4 Å². The van der Waals surface area contributed by atoms with Gasteiger partial charge in [0.25, 0.3) is 0 Å². The van der Waals surface area contributed by atoms with Crippen LogP contribution in [-0.2, 0) is 4.74 Å². The van der Waals surface area contributed by atoms with E-state index in [4.69, 9.17) is 4.74 Å². The molecule has 1 aromatic rings. The van der Waals surface area contributed by atoms with Crippen molar-refractivity contribution in [2.45, 2.75) is 43.9 Å². The highest BCUT2D eigenvalue weighted by molar-refractivity contribution is 5.11. The zero-order chi connectivity index (χ0) is 11.2. The largest absolute Gasteiger partial charge is 0.367 e. The van der Waals surface area contributed by atoms with Crippen LogP contribution in [0.2, 0.25) is 0 Å². The highest BCUT2D eigenvalue weighted by Gasteiger charge is 2.36. The van der Waals surface area contributed by atoms with Crippen molar-refractivity contribution in [1.29, 1.82) is 0 Å². The maximum atomic E-state index is 6.19. The first-order chi connectivity index (χ1) is 8.40. The van der Waals surface area contributed by atoms with E-state index in [0.717, 1.165) is 19.0 Å². The number of aromatic nitrogens is 2. The van der Waals surface area contributed by atoms with Crippen LogP contribution in [0.5, 0.6) is 0 Å². The molecule has 4 rings (SSSR count). The van der Waals surface area contributed by atoms with Gasteiger partial charge in [-0.15, -0.1) is 0 Å². The van der Waals surface area contributed by atoms with Gasteiger partial charge in [0.05, 0.1) is 24.4 Å². The molecule has 0 amide bonds. The summed E-state index contributed by atoms with van der Waals surface area (Å²) in [6.07, 6.45) is 10.1. The fourth-order valence-electron chi connectivity index (χ4n) is 2.66. The van der Waals surface area contributed by atoms with Crippen molar-refractivity contribution in [2.24, 2.45) is 5.92 Å². The summed E-state index contributed by atoms with van der Waals surface area (Å²) in [7, 11) is 0. The second kappa shape index (κ2) is 3.82. The Morgan fingerprint density at radius 2 is 2.12 bits per heavy atom. The van der Waals surface area contributed by atoms with Gasteiger partial charge in [-0.05, 0) is 31.6 Å². The second-order valence-corrected chi connectivity index (χ2v) is 5.64. The lowest BCUT2D eigenvalue weighted by molar-refractivity contribution is -0.0493. The minimum Gasteiger partial charge on any atom is -0.367 e. The molecule has 17 heavy (non-hydrogen) atoms. The van der Waals surface area contributed by atoms with Crippen molar-refractivity contribution in [3.63, 3.8) is 0 Å². The van der Waals surface area contributed by atoms with Crippen LogP contribution in [0, 0.1) is 5.92 Å². The van der Waals surface area contributed by atoms with Crippen LogP contribution in [-0.4, -0.2) is 29.0 Å². The third kappa shape index (κ3) is 2.00. The van der Waals surface area contributed by atoms with Gasteiger partial charge in [0, 0.05) is 24.8 Å². The molecular formula is C13H19N3O. The molecule has 0 spiro atoms. The van der Waals surface area contributed by atoms with E-state index in [1.165, 1.54) is 31.2 Å². The molecular weight excluding hydrogens is 214 g/mol. The summed E-state index contributed by atoms with van der Waals surface area (Å²) in [4.78, 5) is 0. The quantitative estimate of drug-likeness (QED) is 0.863. The second-order valence-electron chi connectivity index (χ2n) is 5.64. The SMILES string of the molecule is c1nn(C2CC2)cc1C1CNCC(C2CC2)O1. The number of nitrogens with zero attached hydrogens (tertiary/aromatic N) is 2. The van der Waals surface area contributed by atoms with Crippen molar-refractivity contribution >= 4 is 0 Å². The monoisotopic (exact) mass is 233 g/mol. The number of ether oxygens (including phenoxy) is 1. The molecule has 92 valence electrons. The molecule has 1 aliphatic heterocycles. The summed E-state index contributed by atoms with van der Waals surface area (Å²) in [6, 6.07) is 0.666. The third-order valence-electron chi connectivity index (χ3n) is 4.08. The summed E-state index contributed by atoms with van der Waals surface area (Å²) >= 11 is 0. The summed E-state index contributed by atoms with van der Waals surface area (Å²) in [5.74, 6) is 0.809. The molecule has 0 bridgehead atoms. The topological polar surface area (TPSA) is 39.1 Å². The molecule has 3 aliphatic rings. The van der Waals surface area contributed by atoms with E-state index in [0.29, 0.717) is 12.1 Å². The van der Waals surface area contributed by atoms with E-state index >= 15 is 0 Å². The Hall–Kier alpha value is -0.870. The minimum atomic E-state index is 0.210. The first kappa shape index (κ1) is 10.1. The Morgan fingerprint density at radius 1 is 1.24 bits per heavy atom. The van der Waals surface area contributed by atoms with Crippen LogP contribution >= 0.6 is 0 Å². The van der Waals surface area contributed by atoms with Crippen molar-refractivity contribution in [3.05, 3.63) is 18.0 Å². The first-order valence-corrected chi connectivity index (χ1v) is 6.80. The molecule has 0 radical (unpaired) electrons. The Balaban J connectivity index is 1.48. The highest BCUT2D eigenvalue weighted by Crippen LogP contribution is 2.38. The average Bonchev–Trinajstić information content (AvgIpc) is 3.28. The van der Waals surface area contributed by atoms with Gasteiger partial charge in [0.2, 0.25) is 0 Å². The number of morpholine rings is 1. The molecule has 2 unspecified atom stereocenters. The van der Waals surface area contributed by atoms with Gasteiger partial charge in [-0.3, -0.25) is 4.68 Å². The molecule has 1 N–H and O–H groups in total. The zero-order valence-corrected chi connectivity index (χ0v) is 10.0. The predicted molar refractivity (Wildman–Crippen MR) is 63.7 cm³/mol. The van der Waals surface area contributed by atoms with Gasteiger partial charge in [-0.25, -0.2) is 0 Å². The summed E-state index contributed by atoms with van der Waals surface area (Å²) < 4.78 is 8.30. The van der Waals surface area contributed by atoms with Gasteiger partial charge in [-0.1, -0.05) is 0 Å². The molecule has 2 aliphatic carbocycles. The molecule has 2 atom stereocenters. The molecule has 2 heterocycles. The maximum Gasteiger partial charge on any atom is 0.0984 e. The predicted octanol–water partition coefficient (Wildman–Crippen LogP) is 1.66. The molecule has 2 saturated carbocycles. The van der Waals surface area contributed by atoms with E-state index < -0.39 is 0 Å². The molecule has 1 saturated heterocycles. The Morgan fingerprint density at radius 3 is 2.88 bits per heavy atom. The van der Waals surface area contributed by atoms with E-state index in [1.807, 2.05) is 6.20 Å². The fraction of sp³-hybridized carbons (Fsp3) is 0.769. The Bertz CT molecular complexity index is 409. The summed E-state index contributed by atoms with van der Waals surface area (Å²) in [5.41, 5.74) is 1.25. The number of rotatable bonds is 3. The van der Waals surface area contributed by atoms with Crippen LogP contribution < -0.4 is 5.32 Å². The molecule has 4 heteroatoms. The van der Waals surface area contributed by atoms with E-state index in [1.54, 1.807) is 0 Å². The Kier molecular flexibility index (Phi) is 2.27. The van der Waals surface area contributed by atoms with Crippen molar-refractivity contribution < 1.29 is 4.74 Å². The number of hydrogen-bond acceptors (Lipinski definition) is 3. The smallest absolute Gasteiger partial charge is 0.0984 e. The maximum absolute atomic E-state index is 6.19. The van der Waals surface area contributed by atoms with Crippen molar-refractivity contribution in [3.8, 4) is 0 Å². The van der Waals surface area contributed by atoms with Crippen LogP contribution in [0.1, 0.15) is 43.4 Å². The van der Waals surface area contributed by atoms with Crippen LogP contribution in [0.25, 0.3) is 0 Å². The lowest BCUT2D eigenvalue weighted by atomic mass is 10.1. The van der Waals surface area contributed by atoms with Gasteiger partial charge in [-0.2, -0.15) is 5.10 Å². The number of nitrogens with one attached hydrogen (secondary N) is 1.